The number of nitrogens with two attached hydrogens (primary N) is 1. The fraction of sp³-hybridized carbons (Fsp3) is 0.538. The highest BCUT2D eigenvalue weighted by Gasteiger charge is 2.23. The first-order valence-corrected chi connectivity index (χ1v) is 7.75. The fourth-order valence-corrected chi connectivity index (χ4v) is 3.35. The lowest BCUT2D eigenvalue weighted by molar-refractivity contribution is 0.434. The average molecular weight is 288 g/mol. The third kappa shape index (κ3) is 3.67. The molecular weight excluding hydrogens is 267 g/mol. The Morgan fingerprint density at radius 2 is 1.95 bits per heavy atom. The lowest BCUT2D eigenvalue weighted by Crippen LogP contribution is -2.37. The number of benzene rings is 1. The van der Waals surface area contributed by atoms with Gasteiger partial charge in [0.1, 0.15) is 5.82 Å². The molecule has 0 fully saturated rings. The normalized spacial score (nSPS) is 15.2. The lowest BCUT2D eigenvalue weighted by Gasteiger charge is -2.20. The van der Waals surface area contributed by atoms with E-state index in [0.29, 0.717) is 5.56 Å². The van der Waals surface area contributed by atoms with E-state index in [9.17, 15) is 12.8 Å². The maximum Gasteiger partial charge on any atom is 0.241 e. The Kier molecular flexibility index (Phi) is 4.92. The molecule has 4 nitrogen and oxygen atoms in total. The molecule has 0 radical (unpaired) electrons. The van der Waals surface area contributed by atoms with Crippen LogP contribution in [0.5, 0.6) is 0 Å². The SMILES string of the molecule is CCC(C)C(C)NS(=O)(=O)c1cc(N)c(F)cc1C. The quantitative estimate of drug-likeness (QED) is 0.817. The van der Waals surface area contributed by atoms with Crippen LogP contribution in [0, 0.1) is 18.7 Å². The van der Waals surface area contributed by atoms with Crippen LogP contribution in [-0.2, 0) is 10.0 Å². The molecule has 0 bridgehead atoms. The first-order chi connectivity index (χ1) is 8.69. The lowest BCUT2D eigenvalue weighted by atomic mass is 10.0. The van der Waals surface area contributed by atoms with Crippen molar-refractivity contribution >= 4 is 15.7 Å². The van der Waals surface area contributed by atoms with Crippen LogP contribution in [0.3, 0.4) is 0 Å². The molecule has 0 aromatic heterocycles. The van der Waals surface area contributed by atoms with Crippen molar-refractivity contribution in [1.82, 2.24) is 4.72 Å². The number of hydrogen-bond acceptors (Lipinski definition) is 3. The number of aryl methyl sites for hydroxylation is 1. The zero-order valence-corrected chi connectivity index (χ0v) is 12.5. The molecule has 2 unspecified atom stereocenters. The van der Waals surface area contributed by atoms with Gasteiger partial charge < -0.3 is 5.73 Å². The van der Waals surface area contributed by atoms with Crippen LogP contribution >= 0.6 is 0 Å². The van der Waals surface area contributed by atoms with Crippen molar-refractivity contribution < 1.29 is 12.8 Å². The second-order valence-electron chi connectivity index (χ2n) is 4.93. The van der Waals surface area contributed by atoms with Crippen LogP contribution in [0.25, 0.3) is 0 Å². The van der Waals surface area contributed by atoms with Gasteiger partial charge in [-0.15, -0.1) is 0 Å². The molecule has 2 atom stereocenters. The van der Waals surface area contributed by atoms with Crippen LogP contribution in [0.2, 0.25) is 0 Å². The van der Waals surface area contributed by atoms with Gasteiger partial charge >= 0.3 is 0 Å². The third-order valence-corrected chi connectivity index (χ3v) is 5.12. The molecule has 0 spiro atoms. The molecule has 108 valence electrons. The predicted molar refractivity (Wildman–Crippen MR) is 74.8 cm³/mol. The number of rotatable bonds is 5. The number of nitrogens with one attached hydrogen (secondary N) is 1. The van der Waals surface area contributed by atoms with Crippen molar-refractivity contribution in [3.63, 3.8) is 0 Å². The first-order valence-electron chi connectivity index (χ1n) is 6.27. The molecule has 1 aromatic carbocycles. The fourth-order valence-electron chi connectivity index (χ4n) is 1.74. The van der Waals surface area contributed by atoms with E-state index in [1.807, 2.05) is 20.8 Å². The second kappa shape index (κ2) is 5.88. The Labute approximate surface area is 114 Å². The Hall–Kier alpha value is -1.14. The summed E-state index contributed by atoms with van der Waals surface area (Å²) in [5, 5.41) is 0. The molecule has 0 aliphatic carbocycles. The number of nitrogen functional groups attached to an aromatic ring is 1. The summed E-state index contributed by atoms with van der Waals surface area (Å²) in [6.07, 6.45) is 0.869. The van der Waals surface area contributed by atoms with Crippen molar-refractivity contribution in [2.24, 2.45) is 5.92 Å². The molecule has 1 rings (SSSR count). The summed E-state index contributed by atoms with van der Waals surface area (Å²) in [5.74, 6) is -0.390. The second-order valence-corrected chi connectivity index (χ2v) is 6.62. The van der Waals surface area contributed by atoms with Gasteiger partial charge in [-0.05, 0) is 37.5 Å². The topological polar surface area (TPSA) is 72.2 Å². The van der Waals surface area contributed by atoms with E-state index in [0.717, 1.165) is 18.6 Å². The molecule has 0 amide bonds. The highest BCUT2D eigenvalue weighted by atomic mass is 32.2. The third-order valence-electron chi connectivity index (χ3n) is 3.42. The Balaban J connectivity index is 3.11. The van der Waals surface area contributed by atoms with Gasteiger partial charge in [0.05, 0.1) is 10.6 Å². The monoisotopic (exact) mass is 288 g/mol. The number of anilines is 1. The molecule has 0 aliphatic heterocycles. The smallest absolute Gasteiger partial charge is 0.241 e. The molecule has 1 aromatic rings. The van der Waals surface area contributed by atoms with Gasteiger partial charge in [-0.3, -0.25) is 0 Å². The minimum atomic E-state index is -3.68. The van der Waals surface area contributed by atoms with Gasteiger partial charge in [-0.25, -0.2) is 17.5 Å². The summed E-state index contributed by atoms with van der Waals surface area (Å²) in [7, 11) is -3.68. The standard InChI is InChI=1S/C13H21FN2O2S/c1-5-8(2)10(4)16-19(17,18)13-7-12(15)11(14)6-9(13)3/h6-8,10,16H,5,15H2,1-4H3. The summed E-state index contributed by atoms with van der Waals surface area (Å²) in [4.78, 5) is 0.0292. The predicted octanol–water partition coefficient (Wildman–Crippen LogP) is 2.43. The first kappa shape index (κ1) is 15.9. The number of sulfonamides is 1. The molecule has 0 aliphatic rings. The van der Waals surface area contributed by atoms with Crippen LogP contribution in [0.15, 0.2) is 17.0 Å². The van der Waals surface area contributed by atoms with E-state index in [1.54, 1.807) is 6.92 Å². The van der Waals surface area contributed by atoms with Crippen LogP contribution in [0.4, 0.5) is 10.1 Å². The van der Waals surface area contributed by atoms with E-state index in [1.165, 1.54) is 0 Å². The molecule has 0 saturated carbocycles. The average Bonchev–Trinajstić information content (AvgIpc) is 2.31. The minimum Gasteiger partial charge on any atom is -0.396 e. The molecule has 19 heavy (non-hydrogen) atoms. The van der Waals surface area contributed by atoms with Gasteiger partial charge in [-0.1, -0.05) is 20.3 Å². The molecule has 0 heterocycles. The highest BCUT2D eigenvalue weighted by Crippen LogP contribution is 2.22. The van der Waals surface area contributed by atoms with Crippen molar-refractivity contribution in [3.8, 4) is 0 Å². The minimum absolute atomic E-state index is 0.0292. The van der Waals surface area contributed by atoms with Crippen molar-refractivity contribution in [2.75, 3.05) is 5.73 Å². The summed E-state index contributed by atoms with van der Waals surface area (Å²) < 4.78 is 40.4. The van der Waals surface area contributed by atoms with Crippen LogP contribution in [-0.4, -0.2) is 14.5 Å². The van der Waals surface area contributed by atoms with Gasteiger partial charge in [0.15, 0.2) is 0 Å². The van der Waals surface area contributed by atoms with Crippen LogP contribution in [0.1, 0.15) is 32.8 Å². The Morgan fingerprint density at radius 3 is 2.47 bits per heavy atom. The summed E-state index contributed by atoms with van der Waals surface area (Å²) in [6.45, 7) is 7.33. The van der Waals surface area contributed by atoms with Crippen molar-refractivity contribution in [2.45, 2.75) is 45.1 Å². The van der Waals surface area contributed by atoms with E-state index in [2.05, 4.69) is 4.72 Å². The van der Waals surface area contributed by atoms with E-state index < -0.39 is 15.8 Å². The maximum absolute atomic E-state index is 13.3. The summed E-state index contributed by atoms with van der Waals surface area (Å²) in [6, 6.07) is 2.11. The van der Waals surface area contributed by atoms with E-state index in [4.69, 9.17) is 5.73 Å². The van der Waals surface area contributed by atoms with E-state index >= 15 is 0 Å². The summed E-state index contributed by atoms with van der Waals surface area (Å²) >= 11 is 0. The van der Waals surface area contributed by atoms with Gasteiger partial charge in [0, 0.05) is 6.04 Å². The Bertz CT molecular complexity index is 558. The molecule has 3 N–H and O–H groups in total. The zero-order valence-electron chi connectivity index (χ0n) is 11.7. The largest absolute Gasteiger partial charge is 0.396 e. The Morgan fingerprint density at radius 1 is 1.37 bits per heavy atom. The van der Waals surface area contributed by atoms with Gasteiger partial charge in [0.25, 0.3) is 0 Å². The molecule has 0 saturated heterocycles. The zero-order chi connectivity index (χ0) is 14.8. The molecule has 6 heteroatoms. The van der Waals surface area contributed by atoms with Crippen molar-refractivity contribution in [1.29, 1.82) is 0 Å². The summed E-state index contributed by atoms with van der Waals surface area (Å²) in [5.41, 5.74) is 5.61. The van der Waals surface area contributed by atoms with Crippen molar-refractivity contribution in [3.05, 3.63) is 23.5 Å². The number of hydrogen-bond donors (Lipinski definition) is 2. The molecular formula is C13H21FN2O2S. The van der Waals surface area contributed by atoms with Crippen LogP contribution < -0.4 is 10.5 Å². The van der Waals surface area contributed by atoms with E-state index in [-0.39, 0.29) is 22.5 Å². The maximum atomic E-state index is 13.3. The van der Waals surface area contributed by atoms with Gasteiger partial charge in [-0.2, -0.15) is 0 Å². The highest BCUT2D eigenvalue weighted by molar-refractivity contribution is 7.89. The number of halogens is 1. The van der Waals surface area contributed by atoms with Gasteiger partial charge in [0.2, 0.25) is 10.0 Å².